The third kappa shape index (κ3) is 2.13. The summed E-state index contributed by atoms with van der Waals surface area (Å²) in [5, 5.41) is 2.22. The molecule has 5 heteroatoms. The molecule has 0 bridgehead atoms. The number of aromatic amines is 1. The summed E-state index contributed by atoms with van der Waals surface area (Å²) in [6.45, 7) is 1.43. The highest BCUT2D eigenvalue weighted by atomic mass is 16.5. The van der Waals surface area contributed by atoms with Crippen LogP contribution in [0.15, 0.2) is 15.4 Å². The minimum Gasteiger partial charge on any atom is -0.361 e. The van der Waals surface area contributed by atoms with Gasteiger partial charge >= 0.3 is 0 Å². The number of nitrogens with one attached hydrogen (secondary N) is 1. The van der Waals surface area contributed by atoms with Crippen LogP contribution in [0.3, 0.4) is 0 Å². The van der Waals surface area contributed by atoms with E-state index in [0.29, 0.717) is 12.4 Å². The van der Waals surface area contributed by atoms with Gasteiger partial charge in [0.1, 0.15) is 0 Å². The number of nitrogens with zero attached hydrogens (tertiary/aromatic N) is 1. The lowest BCUT2D eigenvalue weighted by Gasteiger charge is -2.13. The number of nitrogens with two attached hydrogens (primary N) is 1. The molecule has 5 nitrogen and oxygen atoms in total. The largest absolute Gasteiger partial charge is 0.361 e. The number of hydrogen-bond donors (Lipinski definition) is 2. The molecule has 0 aliphatic rings. The Kier molecular flexibility index (Phi) is 2.93. The summed E-state index contributed by atoms with van der Waals surface area (Å²) in [6.07, 6.45) is 0.880. The molecule has 0 saturated carbocycles. The Bertz CT molecular complexity index is 278. The normalized spacial score (nSPS) is 10.2. The van der Waals surface area contributed by atoms with E-state index in [1.54, 1.807) is 0 Å². The molecule has 1 aromatic rings. The highest BCUT2D eigenvalue weighted by Crippen LogP contribution is 2.06. The lowest BCUT2D eigenvalue weighted by Crippen LogP contribution is -2.20. The van der Waals surface area contributed by atoms with Gasteiger partial charge in [-0.25, -0.2) is 0 Å². The lowest BCUT2D eigenvalue weighted by molar-refractivity contribution is 0.413. The lowest BCUT2D eigenvalue weighted by atomic mass is 10.4. The molecule has 1 rings (SSSR count). The Labute approximate surface area is 70.1 Å². The number of anilines is 1. The quantitative estimate of drug-likeness (QED) is 0.655. The zero-order chi connectivity index (χ0) is 8.97. The predicted octanol–water partition coefficient (Wildman–Crippen LogP) is -0.247. The topological polar surface area (TPSA) is 75.3 Å². The Morgan fingerprint density at radius 2 is 2.50 bits per heavy atom. The maximum atomic E-state index is 10.7. The maximum Gasteiger partial charge on any atom is 0.282 e. The first-order chi connectivity index (χ1) is 5.74. The number of aromatic nitrogens is 1. The zero-order valence-corrected chi connectivity index (χ0v) is 7.04. The van der Waals surface area contributed by atoms with Crippen LogP contribution < -0.4 is 16.2 Å². The van der Waals surface area contributed by atoms with Crippen molar-refractivity contribution in [1.82, 2.24) is 5.16 Å². The molecule has 0 unspecified atom stereocenters. The summed E-state index contributed by atoms with van der Waals surface area (Å²) in [5.74, 6) is 0.549. The molecular formula is C7H13N3O2. The molecule has 3 N–H and O–H groups in total. The van der Waals surface area contributed by atoms with Gasteiger partial charge in [-0.2, -0.15) is 5.16 Å². The van der Waals surface area contributed by atoms with Crippen LogP contribution in [0.4, 0.5) is 5.88 Å². The second-order valence-corrected chi connectivity index (χ2v) is 2.61. The molecule has 12 heavy (non-hydrogen) atoms. The molecule has 1 aromatic heterocycles. The first kappa shape index (κ1) is 8.86. The van der Waals surface area contributed by atoms with Crippen LogP contribution in [0.1, 0.15) is 6.42 Å². The van der Waals surface area contributed by atoms with Crippen molar-refractivity contribution in [2.75, 3.05) is 25.0 Å². The molecule has 0 spiro atoms. The average Bonchev–Trinajstić information content (AvgIpc) is 2.47. The Morgan fingerprint density at radius 1 is 1.75 bits per heavy atom. The van der Waals surface area contributed by atoms with Gasteiger partial charge in [-0.15, -0.1) is 0 Å². The second kappa shape index (κ2) is 3.96. The Hall–Kier alpha value is -1.23. The summed E-state index contributed by atoms with van der Waals surface area (Å²) in [5.41, 5.74) is 5.12. The smallest absolute Gasteiger partial charge is 0.282 e. The van der Waals surface area contributed by atoms with E-state index in [-0.39, 0.29) is 5.56 Å². The van der Waals surface area contributed by atoms with Gasteiger partial charge in [0.15, 0.2) is 0 Å². The van der Waals surface area contributed by atoms with E-state index in [9.17, 15) is 4.79 Å². The summed E-state index contributed by atoms with van der Waals surface area (Å²) < 4.78 is 4.87. The Morgan fingerprint density at radius 3 is 3.00 bits per heavy atom. The third-order valence-corrected chi connectivity index (χ3v) is 1.58. The summed E-state index contributed by atoms with van der Waals surface area (Å²) in [4.78, 5) is 12.5. The van der Waals surface area contributed by atoms with Gasteiger partial charge in [0.2, 0.25) is 5.88 Å². The minimum atomic E-state index is -0.218. The molecule has 0 aliphatic carbocycles. The second-order valence-electron chi connectivity index (χ2n) is 2.61. The van der Waals surface area contributed by atoms with Gasteiger partial charge in [0, 0.05) is 13.6 Å². The summed E-state index contributed by atoms with van der Waals surface area (Å²) >= 11 is 0. The van der Waals surface area contributed by atoms with Crippen LogP contribution in [-0.4, -0.2) is 25.3 Å². The average molecular weight is 171 g/mol. The maximum absolute atomic E-state index is 10.7. The van der Waals surface area contributed by atoms with Crippen LogP contribution in [0.2, 0.25) is 0 Å². The fraction of sp³-hybridized carbons (Fsp3) is 0.571. The molecule has 0 aromatic carbocycles. The minimum absolute atomic E-state index is 0.218. The molecule has 0 radical (unpaired) electrons. The van der Waals surface area contributed by atoms with Crippen molar-refractivity contribution in [3.05, 3.63) is 16.4 Å². The van der Waals surface area contributed by atoms with Gasteiger partial charge < -0.3 is 15.2 Å². The van der Waals surface area contributed by atoms with E-state index in [0.717, 1.165) is 13.0 Å². The van der Waals surface area contributed by atoms with E-state index < -0.39 is 0 Å². The van der Waals surface area contributed by atoms with Gasteiger partial charge in [0.25, 0.3) is 5.56 Å². The third-order valence-electron chi connectivity index (χ3n) is 1.58. The number of rotatable bonds is 4. The van der Waals surface area contributed by atoms with E-state index >= 15 is 0 Å². The van der Waals surface area contributed by atoms with Crippen LogP contribution >= 0.6 is 0 Å². The fourth-order valence-electron chi connectivity index (χ4n) is 0.900. The number of H-pyrrole nitrogens is 1. The molecule has 0 atom stereocenters. The monoisotopic (exact) mass is 171 g/mol. The van der Waals surface area contributed by atoms with Gasteiger partial charge in [-0.1, -0.05) is 0 Å². The van der Waals surface area contributed by atoms with Gasteiger partial charge in [0.05, 0.1) is 6.07 Å². The predicted molar refractivity (Wildman–Crippen MR) is 46.3 cm³/mol. The molecular weight excluding hydrogens is 158 g/mol. The van der Waals surface area contributed by atoms with Crippen molar-refractivity contribution in [3.8, 4) is 0 Å². The Balaban J connectivity index is 2.53. The SMILES string of the molecule is CN(CCCN)c1cc(=O)[nH]o1. The van der Waals surface area contributed by atoms with Crippen molar-refractivity contribution in [3.63, 3.8) is 0 Å². The van der Waals surface area contributed by atoms with Crippen LogP contribution in [0.25, 0.3) is 0 Å². The van der Waals surface area contributed by atoms with E-state index in [1.165, 1.54) is 6.07 Å². The van der Waals surface area contributed by atoms with Crippen LogP contribution in [-0.2, 0) is 0 Å². The molecule has 0 saturated heterocycles. The highest BCUT2D eigenvalue weighted by Gasteiger charge is 2.04. The summed E-state index contributed by atoms with van der Waals surface area (Å²) in [7, 11) is 1.85. The van der Waals surface area contributed by atoms with Crippen LogP contribution in [0, 0.1) is 0 Å². The van der Waals surface area contributed by atoms with Crippen molar-refractivity contribution in [1.29, 1.82) is 0 Å². The standard InChI is InChI=1S/C7H13N3O2/c1-10(4-2-3-8)7-5-6(11)9-12-7/h5H,2-4,8H2,1H3,(H,9,11). The van der Waals surface area contributed by atoms with E-state index in [4.69, 9.17) is 10.3 Å². The van der Waals surface area contributed by atoms with Crippen LogP contribution in [0.5, 0.6) is 0 Å². The van der Waals surface area contributed by atoms with E-state index in [2.05, 4.69) is 5.16 Å². The molecule has 0 amide bonds. The molecule has 68 valence electrons. The van der Waals surface area contributed by atoms with Crippen molar-refractivity contribution in [2.24, 2.45) is 5.73 Å². The molecule has 0 aliphatic heterocycles. The van der Waals surface area contributed by atoms with Gasteiger partial charge in [-0.3, -0.25) is 4.79 Å². The first-order valence-corrected chi connectivity index (χ1v) is 3.84. The number of hydrogen-bond acceptors (Lipinski definition) is 4. The van der Waals surface area contributed by atoms with E-state index in [1.807, 2.05) is 11.9 Å². The molecule has 1 heterocycles. The van der Waals surface area contributed by atoms with Crippen molar-refractivity contribution >= 4 is 5.88 Å². The first-order valence-electron chi connectivity index (χ1n) is 3.84. The van der Waals surface area contributed by atoms with Crippen molar-refractivity contribution in [2.45, 2.75) is 6.42 Å². The highest BCUT2D eigenvalue weighted by molar-refractivity contribution is 5.31. The van der Waals surface area contributed by atoms with Gasteiger partial charge in [-0.05, 0) is 13.0 Å². The molecule has 0 fully saturated rings. The fourth-order valence-corrected chi connectivity index (χ4v) is 0.900. The zero-order valence-electron chi connectivity index (χ0n) is 7.04. The summed E-state index contributed by atoms with van der Waals surface area (Å²) in [6, 6.07) is 1.41. The van der Waals surface area contributed by atoms with Crippen molar-refractivity contribution < 1.29 is 4.52 Å².